The number of H-pyrrole nitrogens is 1. The number of fused-ring (bicyclic) bond motifs is 1. The van der Waals surface area contributed by atoms with Crippen molar-refractivity contribution in [2.75, 3.05) is 25.4 Å². The van der Waals surface area contributed by atoms with E-state index in [1.54, 1.807) is 17.9 Å². The minimum Gasteiger partial charge on any atom is -0.466 e. The summed E-state index contributed by atoms with van der Waals surface area (Å²) in [6, 6.07) is 1.75. The van der Waals surface area contributed by atoms with Gasteiger partial charge < -0.3 is 14.6 Å². The van der Waals surface area contributed by atoms with Gasteiger partial charge >= 0.3 is 5.97 Å². The summed E-state index contributed by atoms with van der Waals surface area (Å²) in [5, 5.41) is 1.17. The molecule has 1 aliphatic rings. The summed E-state index contributed by atoms with van der Waals surface area (Å²) in [4.78, 5) is 37.5. The number of pyridine rings is 1. The topological polar surface area (TPSA) is 88.2 Å². The van der Waals surface area contributed by atoms with Crippen LogP contribution in [0.4, 0.5) is 0 Å². The highest BCUT2D eigenvalue weighted by molar-refractivity contribution is 7.99. The van der Waals surface area contributed by atoms with Gasteiger partial charge in [0.2, 0.25) is 5.91 Å². The Kier molecular flexibility index (Phi) is 5.80. The summed E-state index contributed by atoms with van der Waals surface area (Å²) < 4.78 is 5.05. The van der Waals surface area contributed by atoms with Crippen LogP contribution in [0.2, 0.25) is 5.02 Å². The molecule has 1 saturated heterocycles. The van der Waals surface area contributed by atoms with Gasteiger partial charge in [-0.1, -0.05) is 23.4 Å². The van der Waals surface area contributed by atoms with Crippen molar-refractivity contribution in [1.29, 1.82) is 0 Å². The zero-order valence-corrected chi connectivity index (χ0v) is 15.4. The number of nitrogens with zero attached hydrogens (tertiary/aromatic N) is 3. The summed E-state index contributed by atoms with van der Waals surface area (Å²) in [6.45, 7) is 3.36. The van der Waals surface area contributed by atoms with Crippen molar-refractivity contribution >= 4 is 46.4 Å². The number of aromatic amines is 1. The van der Waals surface area contributed by atoms with Gasteiger partial charge in [0, 0.05) is 19.3 Å². The summed E-state index contributed by atoms with van der Waals surface area (Å²) in [5.74, 6) is 0.0801. The van der Waals surface area contributed by atoms with Crippen LogP contribution < -0.4 is 0 Å². The molecule has 0 aliphatic carbocycles. The highest BCUT2D eigenvalue weighted by atomic mass is 35.5. The molecule has 3 heterocycles. The zero-order valence-electron chi connectivity index (χ0n) is 13.8. The maximum absolute atomic E-state index is 12.4. The standard InChI is InChI=1S/C16H19ClN4O3S/c1-2-24-15(23)10-3-5-21(6-4-10)13(22)9-25-16-19-12-7-11(17)8-18-14(12)20-16/h7-8,10H,2-6,9H2,1H3,(H,18,19,20). The molecule has 3 rings (SSSR count). The zero-order chi connectivity index (χ0) is 17.8. The average Bonchev–Trinajstić information content (AvgIpc) is 3.02. The average molecular weight is 383 g/mol. The second-order valence-electron chi connectivity index (χ2n) is 5.76. The third-order valence-corrected chi connectivity index (χ3v) is 5.15. The van der Waals surface area contributed by atoms with Crippen LogP contribution >= 0.6 is 23.4 Å². The van der Waals surface area contributed by atoms with E-state index in [0.717, 1.165) is 5.52 Å². The van der Waals surface area contributed by atoms with Crippen molar-refractivity contribution in [2.24, 2.45) is 5.92 Å². The summed E-state index contributed by atoms with van der Waals surface area (Å²) in [7, 11) is 0. The number of nitrogens with one attached hydrogen (secondary N) is 1. The van der Waals surface area contributed by atoms with Crippen LogP contribution in [0, 0.1) is 5.92 Å². The van der Waals surface area contributed by atoms with E-state index in [-0.39, 0.29) is 23.5 Å². The maximum atomic E-state index is 12.4. The minimum absolute atomic E-state index is 0.0405. The first kappa shape index (κ1) is 18.0. The van der Waals surface area contributed by atoms with Crippen LogP contribution in [0.25, 0.3) is 11.2 Å². The van der Waals surface area contributed by atoms with Crippen molar-refractivity contribution < 1.29 is 14.3 Å². The fraction of sp³-hybridized carbons (Fsp3) is 0.500. The lowest BCUT2D eigenvalue weighted by atomic mass is 9.97. The molecule has 25 heavy (non-hydrogen) atoms. The number of hydrogen-bond donors (Lipinski definition) is 1. The van der Waals surface area contributed by atoms with Gasteiger partial charge in [-0.25, -0.2) is 9.97 Å². The second kappa shape index (κ2) is 8.05. The van der Waals surface area contributed by atoms with Crippen LogP contribution in [-0.2, 0) is 14.3 Å². The number of carbonyl (C=O) groups excluding carboxylic acids is 2. The molecule has 2 aromatic rings. The van der Waals surface area contributed by atoms with Crippen LogP contribution in [0.1, 0.15) is 19.8 Å². The SMILES string of the molecule is CCOC(=O)C1CCN(C(=O)CSc2nc3ncc(Cl)cc3[nH]2)CC1. The first-order valence-electron chi connectivity index (χ1n) is 8.15. The smallest absolute Gasteiger partial charge is 0.309 e. The summed E-state index contributed by atoms with van der Waals surface area (Å²) in [5.41, 5.74) is 1.33. The number of likely N-dealkylation sites (tertiary alicyclic amines) is 1. The molecule has 0 atom stereocenters. The third-order valence-electron chi connectivity index (χ3n) is 4.08. The number of carbonyl (C=O) groups is 2. The summed E-state index contributed by atoms with van der Waals surface area (Å²) >= 11 is 7.24. The molecule has 1 N–H and O–H groups in total. The Morgan fingerprint density at radius 3 is 2.92 bits per heavy atom. The molecule has 0 bridgehead atoms. The van der Waals surface area contributed by atoms with Gasteiger partial charge in [0.15, 0.2) is 10.8 Å². The molecule has 0 unspecified atom stereocenters. The van der Waals surface area contributed by atoms with Crippen LogP contribution in [0.5, 0.6) is 0 Å². The van der Waals surface area contributed by atoms with Crippen molar-refractivity contribution in [3.05, 3.63) is 17.3 Å². The molecule has 0 aromatic carbocycles. The van der Waals surface area contributed by atoms with Crippen LogP contribution in [-0.4, -0.2) is 57.2 Å². The lowest BCUT2D eigenvalue weighted by Crippen LogP contribution is -2.41. The molecule has 1 amide bonds. The number of aromatic nitrogens is 3. The quantitative estimate of drug-likeness (QED) is 0.631. The van der Waals surface area contributed by atoms with E-state index in [9.17, 15) is 9.59 Å². The summed E-state index contributed by atoms with van der Waals surface area (Å²) in [6.07, 6.45) is 2.85. The Morgan fingerprint density at radius 1 is 1.44 bits per heavy atom. The first-order chi connectivity index (χ1) is 12.1. The van der Waals surface area contributed by atoms with Crippen molar-refractivity contribution in [3.63, 3.8) is 0 Å². The molecule has 0 saturated carbocycles. The fourth-order valence-corrected chi connectivity index (χ4v) is 3.70. The number of halogens is 1. The van der Waals surface area contributed by atoms with Gasteiger partial charge in [-0.05, 0) is 25.8 Å². The van der Waals surface area contributed by atoms with E-state index in [1.165, 1.54) is 18.0 Å². The van der Waals surface area contributed by atoms with E-state index in [4.69, 9.17) is 16.3 Å². The normalized spacial score (nSPS) is 15.5. The number of hydrogen-bond acceptors (Lipinski definition) is 6. The predicted molar refractivity (Wildman–Crippen MR) is 95.6 cm³/mol. The van der Waals surface area contributed by atoms with E-state index < -0.39 is 0 Å². The van der Waals surface area contributed by atoms with E-state index in [0.29, 0.717) is 48.4 Å². The second-order valence-corrected chi connectivity index (χ2v) is 7.16. The van der Waals surface area contributed by atoms with Crippen LogP contribution in [0.3, 0.4) is 0 Å². The maximum Gasteiger partial charge on any atom is 0.309 e. The monoisotopic (exact) mass is 382 g/mol. The number of piperidine rings is 1. The molecule has 1 aliphatic heterocycles. The van der Waals surface area contributed by atoms with Gasteiger partial charge in [-0.15, -0.1) is 0 Å². The lowest BCUT2D eigenvalue weighted by molar-refractivity contribution is -0.151. The molecule has 2 aromatic heterocycles. The van der Waals surface area contributed by atoms with E-state index in [2.05, 4.69) is 15.0 Å². The predicted octanol–water partition coefficient (Wildman–Crippen LogP) is 2.51. The molecule has 9 heteroatoms. The Bertz CT molecular complexity index is 774. The van der Waals surface area contributed by atoms with Crippen molar-refractivity contribution in [1.82, 2.24) is 19.9 Å². The highest BCUT2D eigenvalue weighted by Gasteiger charge is 2.28. The lowest BCUT2D eigenvalue weighted by Gasteiger charge is -2.30. The number of esters is 1. The highest BCUT2D eigenvalue weighted by Crippen LogP contribution is 2.23. The first-order valence-corrected chi connectivity index (χ1v) is 9.51. The molecule has 0 spiro atoms. The number of rotatable bonds is 5. The third kappa shape index (κ3) is 4.43. The van der Waals surface area contributed by atoms with Crippen LogP contribution in [0.15, 0.2) is 17.4 Å². The van der Waals surface area contributed by atoms with Crippen molar-refractivity contribution in [2.45, 2.75) is 24.9 Å². The molecular formula is C16H19ClN4O3S. The Morgan fingerprint density at radius 2 is 2.20 bits per heavy atom. The van der Waals surface area contributed by atoms with Gasteiger partial charge in [0.1, 0.15) is 0 Å². The Balaban J connectivity index is 1.50. The molecule has 134 valence electrons. The molecule has 7 nitrogen and oxygen atoms in total. The number of amides is 1. The Labute approximate surface area is 154 Å². The molecular weight excluding hydrogens is 364 g/mol. The van der Waals surface area contributed by atoms with Gasteiger partial charge in [-0.2, -0.15) is 0 Å². The number of ether oxygens (including phenoxy) is 1. The van der Waals surface area contributed by atoms with Gasteiger partial charge in [0.25, 0.3) is 0 Å². The largest absolute Gasteiger partial charge is 0.466 e. The molecule has 0 radical (unpaired) electrons. The van der Waals surface area contributed by atoms with Crippen molar-refractivity contribution in [3.8, 4) is 0 Å². The number of imidazole rings is 1. The van der Waals surface area contributed by atoms with E-state index in [1.807, 2.05) is 0 Å². The van der Waals surface area contributed by atoms with Gasteiger partial charge in [-0.3, -0.25) is 9.59 Å². The minimum atomic E-state index is -0.155. The Hall–Kier alpha value is -1.80. The van der Waals surface area contributed by atoms with Gasteiger partial charge in [0.05, 0.1) is 28.8 Å². The fourth-order valence-electron chi connectivity index (χ4n) is 2.77. The molecule has 1 fully saturated rings. The number of thioether (sulfide) groups is 1. The van der Waals surface area contributed by atoms with E-state index >= 15 is 0 Å².